The highest BCUT2D eigenvalue weighted by molar-refractivity contribution is 7.20. The minimum Gasteiger partial charge on any atom is -0.442 e. The number of nitrogens with two attached hydrogens (primary N) is 1. The molecule has 0 aromatic carbocycles. The van der Waals surface area contributed by atoms with Crippen molar-refractivity contribution in [3.05, 3.63) is 20.3 Å². The zero-order valence-corrected chi connectivity index (χ0v) is 9.04. The van der Waals surface area contributed by atoms with Crippen LogP contribution in [0.4, 0.5) is 4.79 Å². The van der Waals surface area contributed by atoms with Gasteiger partial charge in [-0.15, -0.1) is 11.3 Å². The Morgan fingerprint density at radius 1 is 1.69 bits per heavy atom. The van der Waals surface area contributed by atoms with Crippen molar-refractivity contribution in [3.63, 3.8) is 0 Å². The largest absolute Gasteiger partial charge is 0.442 e. The molecule has 1 aromatic rings. The van der Waals surface area contributed by atoms with E-state index in [0.717, 1.165) is 0 Å². The molecule has 2 N–H and O–H groups in total. The summed E-state index contributed by atoms with van der Waals surface area (Å²) in [5.41, 5.74) is 5.53. The summed E-state index contributed by atoms with van der Waals surface area (Å²) >= 11 is 12.8. The monoisotopic (exact) mass is 239 g/mol. The number of amides is 1. The van der Waals surface area contributed by atoms with Gasteiger partial charge in [0.2, 0.25) is 0 Å². The minimum absolute atomic E-state index is 0.464. The summed E-state index contributed by atoms with van der Waals surface area (Å²) in [6, 6.07) is 1.65. The first-order chi connectivity index (χ1) is 6.00. The Balaban J connectivity index is 2.81. The van der Waals surface area contributed by atoms with Crippen LogP contribution in [0.2, 0.25) is 8.67 Å². The molecule has 0 radical (unpaired) electrons. The van der Waals surface area contributed by atoms with Gasteiger partial charge < -0.3 is 10.5 Å². The number of carbonyl (C=O) groups excluding carboxylic acids is 1. The number of hydrogen-bond donors (Lipinski definition) is 1. The molecule has 0 bridgehead atoms. The Labute approximate surface area is 89.4 Å². The quantitative estimate of drug-likeness (QED) is 0.862. The van der Waals surface area contributed by atoms with E-state index in [1.54, 1.807) is 13.0 Å². The van der Waals surface area contributed by atoms with Crippen LogP contribution in [0.3, 0.4) is 0 Å². The van der Waals surface area contributed by atoms with E-state index in [1.807, 2.05) is 0 Å². The molecular weight excluding hydrogens is 233 g/mol. The van der Waals surface area contributed by atoms with E-state index in [-0.39, 0.29) is 0 Å². The van der Waals surface area contributed by atoms with Gasteiger partial charge in [0, 0.05) is 5.56 Å². The molecule has 72 valence electrons. The average molecular weight is 240 g/mol. The fourth-order valence-electron chi connectivity index (χ4n) is 0.868. The van der Waals surface area contributed by atoms with Gasteiger partial charge in [-0.1, -0.05) is 23.2 Å². The summed E-state index contributed by atoms with van der Waals surface area (Å²) in [7, 11) is 0. The van der Waals surface area contributed by atoms with Crippen LogP contribution in [-0.2, 0) is 4.74 Å². The molecule has 0 saturated carbocycles. The molecule has 1 unspecified atom stereocenters. The van der Waals surface area contributed by atoms with Crippen LogP contribution in [0.5, 0.6) is 0 Å². The zero-order chi connectivity index (χ0) is 10.0. The Morgan fingerprint density at radius 3 is 2.69 bits per heavy atom. The van der Waals surface area contributed by atoms with Crippen molar-refractivity contribution >= 4 is 40.6 Å². The van der Waals surface area contributed by atoms with Crippen molar-refractivity contribution in [1.29, 1.82) is 0 Å². The fraction of sp³-hybridized carbons (Fsp3) is 0.286. The van der Waals surface area contributed by atoms with Crippen molar-refractivity contribution in [2.75, 3.05) is 0 Å². The van der Waals surface area contributed by atoms with Crippen molar-refractivity contribution in [2.24, 2.45) is 5.73 Å². The Hall–Kier alpha value is -0.450. The normalized spacial score (nSPS) is 12.5. The first-order valence-corrected chi connectivity index (χ1v) is 4.98. The van der Waals surface area contributed by atoms with Crippen LogP contribution in [0, 0.1) is 0 Å². The van der Waals surface area contributed by atoms with Gasteiger partial charge in [0.05, 0.1) is 4.34 Å². The second-order valence-corrected chi connectivity index (χ2v) is 4.64. The average Bonchev–Trinajstić information content (AvgIpc) is 2.28. The van der Waals surface area contributed by atoms with Crippen molar-refractivity contribution in [1.82, 2.24) is 0 Å². The summed E-state index contributed by atoms with van der Waals surface area (Å²) in [6.07, 6.45) is -1.29. The second-order valence-electron chi connectivity index (χ2n) is 2.36. The molecule has 1 aromatic heterocycles. The van der Waals surface area contributed by atoms with E-state index >= 15 is 0 Å². The predicted octanol–water partition coefficient (Wildman–Crippen LogP) is 3.21. The van der Waals surface area contributed by atoms with Crippen LogP contribution in [0.1, 0.15) is 18.6 Å². The number of thiophene rings is 1. The van der Waals surface area contributed by atoms with Gasteiger partial charge in [0.1, 0.15) is 10.4 Å². The highest BCUT2D eigenvalue weighted by atomic mass is 35.5. The fourth-order valence-corrected chi connectivity index (χ4v) is 2.49. The van der Waals surface area contributed by atoms with Gasteiger partial charge in [0.25, 0.3) is 0 Å². The van der Waals surface area contributed by atoms with E-state index < -0.39 is 12.2 Å². The number of rotatable bonds is 2. The van der Waals surface area contributed by atoms with Gasteiger partial charge in [-0.2, -0.15) is 0 Å². The third-order valence-corrected chi connectivity index (χ3v) is 2.93. The molecule has 0 aliphatic carbocycles. The molecule has 1 rings (SSSR count). The topological polar surface area (TPSA) is 52.3 Å². The molecule has 0 spiro atoms. The maximum Gasteiger partial charge on any atom is 0.405 e. The first kappa shape index (κ1) is 10.6. The van der Waals surface area contributed by atoms with Gasteiger partial charge in [-0.3, -0.25) is 0 Å². The maximum atomic E-state index is 10.4. The van der Waals surface area contributed by atoms with Crippen LogP contribution >= 0.6 is 34.5 Å². The highest BCUT2D eigenvalue weighted by Crippen LogP contribution is 2.35. The lowest BCUT2D eigenvalue weighted by molar-refractivity contribution is 0.117. The maximum absolute atomic E-state index is 10.4. The summed E-state index contributed by atoms with van der Waals surface area (Å²) in [5.74, 6) is 0. The van der Waals surface area contributed by atoms with E-state index in [1.165, 1.54) is 11.3 Å². The molecule has 0 fully saturated rings. The van der Waals surface area contributed by atoms with E-state index in [4.69, 9.17) is 33.7 Å². The lowest BCUT2D eigenvalue weighted by atomic mass is 10.2. The smallest absolute Gasteiger partial charge is 0.405 e. The number of ether oxygens (including phenoxy) is 1. The molecule has 3 nitrogen and oxygen atoms in total. The molecular formula is C7H7Cl2NO2S. The second kappa shape index (κ2) is 4.17. The molecule has 0 saturated heterocycles. The highest BCUT2D eigenvalue weighted by Gasteiger charge is 2.15. The molecule has 1 atom stereocenters. The standard InChI is InChI=1S/C7H7Cl2NO2S/c1-3(12-7(10)11)4-2-5(8)13-6(4)9/h2-3H,1H3,(H2,10,11). The predicted molar refractivity (Wildman–Crippen MR) is 53.4 cm³/mol. The van der Waals surface area contributed by atoms with Gasteiger partial charge >= 0.3 is 6.09 Å². The Bertz CT molecular complexity index is 326. The van der Waals surface area contributed by atoms with Crippen LogP contribution in [0.15, 0.2) is 6.07 Å². The number of primary amides is 1. The van der Waals surface area contributed by atoms with Crippen molar-refractivity contribution in [2.45, 2.75) is 13.0 Å². The lowest BCUT2D eigenvalue weighted by Crippen LogP contribution is -2.15. The summed E-state index contributed by atoms with van der Waals surface area (Å²) in [6.45, 7) is 1.68. The van der Waals surface area contributed by atoms with Crippen LogP contribution in [-0.4, -0.2) is 6.09 Å². The number of halogens is 2. The van der Waals surface area contributed by atoms with Crippen LogP contribution in [0.25, 0.3) is 0 Å². The molecule has 1 heterocycles. The summed E-state index contributed by atoms with van der Waals surface area (Å²) in [5, 5.41) is 0. The SMILES string of the molecule is CC(OC(N)=O)c1cc(Cl)sc1Cl. The van der Waals surface area contributed by atoms with Gasteiger partial charge in [-0.05, 0) is 13.0 Å². The first-order valence-electron chi connectivity index (χ1n) is 3.41. The van der Waals surface area contributed by atoms with Crippen molar-refractivity contribution in [3.8, 4) is 0 Å². The Morgan fingerprint density at radius 2 is 2.31 bits per heavy atom. The molecule has 6 heteroatoms. The molecule has 0 aliphatic rings. The Kier molecular flexibility index (Phi) is 3.41. The third kappa shape index (κ3) is 2.76. The molecule has 0 aliphatic heterocycles. The zero-order valence-electron chi connectivity index (χ0n) is 6.71. The van der Waals surface area contributed by atoms with Gasteiger partial charge in [0.15, 0.2) is 0 Å². The number of carbonyl (C=O) groups is 1. The van der Waals surface area contributed by atoms with Gasteiger partial charge in [-0.25, -0.2) is 4.79 Å². The third-order valence-electron chi connectivity index (χ3n) is 1.41. The van der Waals surface area contributed by atoms with E-state index in [0.29, 0.717) is 14.2 Å². The summed E-state index contributed by atoms with van der Waals surface area (Å²) < 4.78 is 5.80. The molecule has 13 heavy (non-hydrogen) atoms. The van der Waals surface area contributed by atoms with E-state index in [9.17, 15) is 4.79 Å². The molecule has 1 amide bonds. The summed E-state index contributed by atoms with van der Waals surface area (Å²) in [4.78, 5) is 10.4. The number of hydrogen-bond acceptors (Lipinski definition) is 3. The van der Waals surface area contributed by atoms with E-state index in [2.05, 4.69) is 0 Å². The minimum atomic E-state index is -0.828. The lowest BCUT2D eigenvalue weighted by Gasteiger charge is -2.09. The van der Waals surface area contributed by atoms with Crippen LogP contribution < -0.4 is 5.73 Å². The van der Waals surface area contributed by atoms with Crippen molar-refractivity contribution < 1.29 is 9.53 Å².